The summed E-state index contributed by atoms with van der Waals surface area (Å²) in [5.41, 5.74) is 7.55. The van der Waals surface area contributed by atoms with Gasteiger partial charge in [-0.2, -0.15) is 0 Å². The molecular weight excluding hydrogens is 178 g/mol. The lowest BCUT2D eigenvalue weighted by atomic mass is 10.1. The van der Waals surface area contributed by atoms with E-state index >= 15 is 0 Å². The van der Waals surface area contributed by atoms with Gasteiger partial charge in [-0.25, -0.2) is 0 Å². The van der Waals surface area contributed by atoms with Gasteiger partial charge in [0.25, 0.3) is 0 Å². The molecule has 0 amide bonds. The number of aliphatic hydroxyl groups excluding tert-OH is 1. The summed E-state index contributed by atoms with van der Waals surface area (Å²) in [5.74, 6) is 0.808. The van der Waals surface area contributed by atoms with Gasteiger partial charge in [-0.1, -0.05) is 17.7 Å². The fourth-order valence-electron chi connectivity index (χ4n) is 1.22. The molecule has 0 bridgehead atoms. The molecule has 0 radical (unpaired) electrons. The highest BCUT2D eigenvalue weighted by Crippen LogP contribution is 2.18. The van der Waals surface area contributed by atoms with Gasteiger partial charge in [0.2, 0.25) is 0 Å². The third-order valence-electron chi connectivity index (χ3n) is 2.03. The molecule has 3 N–H and O–H groups in total. The Morgan fingerprint density at radius 3 is 2.71 bits per heavy atom. The summed E-state index contributed by atoms with van der Waals surface area (Å²) in [6, 6.07) is 5.94. The summed E-state index contributed by atoms with van der Waals surface area (Å²) in [6.45, 7) is 4.49. The smallest absolute Gasteiger partial charge is 0.122 e. The quantitative estimate of drug-likeness (QED) is 0.753. The van der Waals surface area contributed by atoms with Crippen LogP contribution >= 0.6 is 0 Å². The Kier molecular flexibility index (Phi) is 3.92. The van der Waals surface area contributed by atoms with Gasteiger partial charge in [0.1, 0.15) is 18.5 Å². The summed E-state index contributed by atoms with van der Waals surface area (Å²) < 4.78 is 5.41. The molecule has 0 saturated carbocycles. The monoisotopic (exact) mass is 195 g/mol. The highest BCUT2D eigenvalue weighted by molar-refractivity contribution is 5.35. The summed E-state index contributed by atoms with van der Waals surface area (Å²) >= 11 is 0. The van der Waals surface area contributed by atoms with E-state index in [0.29, 0.717) is 0 Å². The Labute approximate surface area is 84.5 Å². The number of nitrogens with two attached hydrogens (primary N) is 1. The van der Waals surface area contributed by atoms with Crippen LogP contribution in [0.1, 0.15) is 11.1 Å². The van der Waals surface area contributed by atoms with Crippen molar-refractivity contribution in [2.24, 2.45) is 5.73 Å². The SMILES string of the molecule is Cc1ccc(OC[C@@H](O)CN)c(C)c1. The Balaban J connectivity index is 2.59. The second-order valence-electron chi connectivity index (χ2n) is 3.47. The van der Waals surface area contributed by atoms with Crippen LogP contribution in [-0.4, -0.2) is 24.4 Å². The molecule has 0 heterocycles. The highest BCUT2D eigenvalue weighted by atomic mass is 16.5. The molecule has 1 rings (SSSR count). The van der Waals surface area contributed by atoms with Gasteiger partial charge < -0.3 is 15.6 Å². The van der Waals surface area contributed by atoms with Crippen molar-refractivity contribution in [3.05, 3.63) is 29.3 Å². The van der Waals surface area contributed by atoms with E-state index < -0.39 is 6.10 Å². The number of ether oxygens (including phenoxy) is 1. The van der Waals surface area contributed by atoms with Gasteiger partial charge in [-0.3, -0.25) is 0 Å². The van der Waals surface area contributed by atoms with Gasteiger partial charge >= 0.3 is 0 Å². The minimum absolute atomic E-state index is 0.227. The first-order chi connectivity index (χ1) is 6.63. The largest absolute Gasteiger partial charge is 0.491 e. The fourth-order valence-corrected chi connectivity index (χ4v) is 1.22. The minimum atomic E-state index is -0.587. The predicted molar refractivity (Wildman–Crippen MR) is 56.5 cm³/mol. The van der Waals surface area contributed by atoms with Crippen LogP contribution in [0.3, 0.4) is 0 Å². The molecule has 0 aliphatic carbocycles. The normalized spacial score (nSPS) is 12.6. The average Bonchev–Trinajstić information content (AvgIpc) is 2.16. The molecule has 1 atom stereocenters. The van der Waals surface area contributed by atoms with E-state index in [0.717, 1.165) is 11.3 Å². The van der Waals surface area contributed by atoms with Gasteiger partial charge in [0, 0.05) is 6.54 Å². The molecule has 0 saturated heterocycles. The standard InChI is InChI=1S/C11H17NO2/c1-8-3-4-11(9(2)5-8)14-7-10(13)6-12/h3-5,10,13H,6-7,12H2,1-2H3/t10-/m0/s1. The lowest BCUT2D eigenvalue weighted by Crippen LogP contribution is -2.26. The first-order valence-corrected chi connectivity index (χ1v) is 4.71. The maximum absolute atomic E-state index is 9.21. The third kappa shape index (κ3) is 3.01. The zero-order valence-electron chi connectivity index (χ0n) is 8.66. The van der Waals surface area contributed by atoms with Crippen molar-refractivity contribution in [3.8, 4) is 5.75 Å². The first-order valence-electron chi connectivity index (χ1n) is 4.71. The van der Waals surface area contributed by atoms with Gasteiger partial charge in [0.05, 0.1) is 0 Å². The van der Waals surface area contributed by atoms with Gasteiger partial charge in [0.15, 0.2) is 0 Å². The van der Waals surface area contributed by atoms with Crippen LogP contribution in [0.2, 0.25) is 0 Å². The second kappa shape index (κ2) is 4.98. The van der Waals surface area contributed by atoms with E-state index in [2.05, 4.69) is 0 Å². The lowest BCUT2D eigenvalue weighted by Gasteiger charge is -2.12. The van der Waals surface area contributed by atoms with E-state index in [-0.39, 0.29) is 13.2 Å². The molecule has 78 valence electrons. The molecule has 0 aromatic heterocycles. The van der Waals surface area contributed by atoms with Crippen LogP contribution < -0.4 is 10.5 Å². The van der Waals surface area contributed by atoms with Crippen molar-refractivity contribution in [2.45, 2.75) is 20.0 Å². The van der Waals surface area contributed by atoms with Gasteiger partial charge in [-0.05, 0) is 25.5 Å². The molecule has 0 fully saturated rings. The number of aryl methyl sites for hydroxylation is 2. The fraction of sp³-hybridized carbons (Fsp3) is 0.455. The summed E-state index contributed by atoms with van der Waals surface area (Å²) in [7, 11) is 0. The first kappa shape index (κ1) is 11.0. The molecule has 0 aliphatic rings. The highest BCUT2D eigenvalue weighted by Gasteiger charge is 2.04. The van der Waals surface area contributed by atoms with Crippen molar-refractivity contribution >= 4 is 0 Å². The van der Waals surface area contributed by atoms with E-state index in [1.54, 1.807) is 0 Å². The minimum Gasteiger partial charge on any atom is -0.491 e. The zero-order valence-corrected chi connectivity index (χ0v) is 8.66. The van der Waals surface area contributed by atoms with Crippen molar-refractivity contribution in [2.75, 3.05) is 13.2 Å². The van der Waals surface area contributed by atoms with Crippen LogP contribution in [0.4, 0.5) is 0 Å². The van der Waals surface area contributed by atoms with E-state index in [1.807, 2.05) is 32.0 Å². The maximum Gasteiger partial charge on any atom is 0.122 e. The molecule has 0 spiro atoms. The molecular formula is C11H17NO2. The molecule has 0 aliphatic heterocycles. The number of rotatable bonds is 4. The zero-order chi connectivity index (χ0) is 10.6. The number of hydrogen-bond donors (Lipinski definition) is 2. The molecule has 1 aromatic rings. The maximum atomic E-state index is 9.21. The van der Waals surface area contributed by atoms with Crippen LogP contribution in [0.15, 0.2) is 18.2 Å². The van der Waals surface area contributed by atoms with Crippen molar-refractivity contribution in [3.63, 3.8) is 0 Å². The number of benzene rings is 1. The summed E-state index contributed by atoms with van der Waals surface area (Å²) in [6.07, 6.45) is -0.587. The molecule has 3 nitrogen and oxygen atoms in total. The molecule has 1 aromatic carbocycles. The lowest BCUT2D eigenvalue weighted by molar-refractivity contribution is 0.114. The number of hydrogen-bond acceptors (Lipinski definition) is 3. The van der Waals surface area contributed by atoms with Gasteiger partial charge in [-0.15, -0.1) is 0 Å². The van der Waals surface area contributed by atoms with Crippen LogP contribution in [0, 0.1) is 13.8 Å². The Bertz CT molecular complexity index is 299. The summed E-state index contributed by atoms with van der Waals surface area (Å²) in [5, 5.41) is 9.21. The Morgan fingerprint density at radius 1 is 1.43 bits per heavy atom. The van der Waals surface area contributed by atoms with Crippen molar-refractivity contribution in [1.82, 2.24) is 0 Å². The van der Waals surface area contributed by atoms with Crippen molar-refractivity contribution in [1.29, 1.82) is 0 Å². The molecule has 0 unspecified atom stereocenters. The average molecular weight is 195 g/mol. The summed E-state index contributed by atoms with van der Waals surface area (Å²) in [4.78, 5) is 0. The molecule has 14 heavy (non-hydrogen) atoms. The van der Waals surface area contributed by atoms with Crippen molar-refractivity contribution < 1.29 is 9.84 Å². The topological polar surface area (TPSA) is 55.5 Å². The van der Waals surface area contributed by atoms with Crippen LogP contribution in [0.25, 0.3) is 0 Å². The van der Waals surface area contributed by atoms with E-state index in [1.165, 1.54) is 5.56 Å². The van der Waals surface area contributed by atoms with Crippen LogP contribution in [0.5, 0.6) is 5.75 Å². The Morgan fingerprint density at radius 2 is 2.14 bits per heavy atom. The second-order valence-corrected chi connectivity index (χ2v) is 3.47. The van der Waals surface area contributed by atoms with Crippen LogP contribution in [-0.2, 0) is 0 Å². The Hall–Kier alpha value is -1.06. The van der Waals surface area contributed by atoms with E-state index in [4.69, 9.17) is 10.5 Å². The molecule has 3 heteroatoms. The van der Waals surface area contributed by atoms with E-state index in [9.17, 15) is 5.11 Å². The number of aliphatic hydroxyl groups is 1. The third-order valence-corrected chi connectivity index (χ3v) is 2.03. The predicted octanol–water partition coefficient (Wildman–Crippen LogP) is 1.00.